The van der Waals surface area contributed by atoms with Crippen LogP contribution in [0.1, 0.15) is 49.1 Å². The van der Waals surface area contributed by atoms with E-state index in [4.69, 9.17) is 4.52 Å². The summed E-state index contributed by atoms with van der Waals surface area (Å²) in [6.07, 6.45) is 5.65. The van der Waals surface area contributed by atoms with Crippen molar-refractivity contribution in [3.8, 4) is 11.4 Å². The molecule has 2 amide bonds. The van der Waals surface area contributed by atoms with Crippen LogP contribution in [0, 0.1) is 6.92 Å². The highest BCUT2D eigenvalue weighted by Crippen LogP contribution is 2.28. The highest BCUT2D eigenvalue weighted by molar-refractivity contribution is 5.92. The fourth-order valence-corrected chi connectivity index (χ4v) is 3.83. The number of hydrogen-bond donors (Lipinski definition) is 1. The van der Waals surface area contributed by atoms with Crippen molar-refractivity contribution in [2.24, 2.45) is 0 Å². The number of hydrogen-bond acceptors (Lipinski definition) is 5. The van der Waals surface area contributed by atoms with Crippen molar-refractivity contribution in [2.75, 3.05) is 18.4 Å². The maximum atomic E-state index is 12.7. The average molecular weight is 445 g/mol. The molecular weight excluding hydrogens is 416 g/mol. The normalized spacial score (nSPS) is 16.2. The topological polar surface area (TPSA) is 88.3 Å². The van der Waals surface area contributed by atoms with E-state index in [1.807, 2.05) is 66.4 Å². The first-order valence-electron chi connectivity index (χ1n) is 11.3. The summed E-state index contributed by atoms with van der Waals surface area (Å²) in [5.74, 6) is 0.941. The van der Waals surface area contributed by atoms with Crippen molar-refractivity contribution in [2.45, 2.75) is 39.0 Å². The Bertz CT molecular complexity index is 1150. The number of nitrogens with one attached hydrogen (secondary N) is 1. The van der Waals surface area contributed by atoms with Gasteiger partial charge in [-0.3, -0.25) is 9.59 Å². The number of nitrogens with zero attached hydrogens (tertiary/aromatic N) is 3. The first kappa shape index (κ1) is 22.5. The molecule has 3 aromatic rings. The summed E-state index contributed by atoms with van der Waals surface area (Å²) >= 11 is 0. The molecule has 170 valence electrons. The lowest BCUT2D eigenvalue weighted by atomic mass is 9.98. The van der Waals surface area contributed by atoms with Gasteiger partial charge >= 0.3 is 0 Å². The molecule has 33 heavy (non-hydrogen) atoms. The maximum Gasteiger partial charge on any atom is 0.246 e. The predicted octanol–water partition coefficient (Wildman–Crippen LogP) is 4.81. The van der Waals surface area contributed by atoms with Gasteiger partial charge in [0.1, 0.15) is 0 Å². The van der Waals surface area contributed by atoms with Gasteiger partial charge in [-0.1, -0.05) is 54.0 Å². The molecule has 2 heterocycles. The summed E-state index contributed by atoms with van der Waals surface area (Å²) in [6, 6.07) is 15.4. The zero-order valence-corrected chi connectivity index (χ0v) is 19.0. The highest BCUT2D eigenvalue weighted by atomic mass is 16.5. The van der Waals surface area contributed by atoms with E-state index in [1.165, 1.54) is 5.56 Å². The number of benzene rings is 2. The van der Waals surface area contributed by atoms with Gasteiger partial charge in [-0.15, -0.1) is 0 Å². The Hall–Kier alpha value is -3.74. The lowest BCUT2D eigenvalue weighted by Gasteiger charge is -2.30. The Morgan fingerprint density at radius 1 is 1.21 bits per heavy atom. The largest absolute Gasteiger partial charge is 0.339 e. The zero-order valence-electron chi connectivity index (χ0n) is 19.0. The number of rotatable bonds is 6. The number of aromatic nitrogens is 2. The molecule has 7 nitrogen and oxygen atoms in total. The standard InChI is InChI=1S/C26H28N4O3/c1-3-23(31)27-22-8-4-6-20(16-22)25-28-26(33-29-25)21-7-5-15-30(17-21)24(32)14-13-19-11-9-18(2)10-12-19/h4,6,8-14,16,21H,3,5,7,15,17H2,1-2H3,(H,27,31). The SMILES string of the molecule is CCC(=O)Nc1cccc(-c2noc(C3CCCN(C(=O)C=Cc4ccc(C)cc4)C3)n2)c1. The molecule has 1 N–H and O–H groups in total. The number of likely N-dealkylation sites (tertiary alicyclic amines) is 1. The van der Waals surface area contributed by atoms with Crippen LogP contribution in [-0.4, -0.2) is 39.9 Å². The van der Waals surface area contributed by atoms with Gasteiger partial charge in [-0.05, 0) is 43.5 Å². The van der Waals surface area contributed by atoms with Crippen LogP contribution in [0.3, 0.4) is 0 Å². The molecule has 1 saturated heterocycles. The van der Waals surface area contributed by atoms with Gasteiger partial charge in [0.2, 0.25) is 23.5 Å². The zero-order chi connectivity index (χ0) is 23.2. The second kappa shape index (κ2) is 10.3. The van der Waals surface area contributed by atoms with Gasteiger partial charge < -0.3 is 14.7 Å². The molecule has 1 fully saturated rings. The van der Waals surface area contributed by atoms with Crippen LogP contribution in [0.25, 0.3) is 17.5 Å². The summed E-state index contributed by atoms with van der Waals surface area (Å²) < 4.78 is 5.56. The van der Waals surface area contributed by atoms with Crippen molar-refractivity contribution in [1.29, 1.82) is 0 Å². The Morgan fingerprint density at radius 3 is 2.82 bits per heavy atom. The van der Waals surface area contributed by atoms with E-state index in [9.17, 15) is 9.59 Å². The molecule has 1 aromatic heterocycles. The summed E-state index contributed by atoms with van der Waals surface area (Å²) in [5, 5.41) is 6.98. The molecule has 0 bridgehead atoms. The van der Waals surface area contributed by atoms with Crippen molar-refractivity contribution in [1.82, 2.24) is 15.0 Å². The molecule has 1 aliphatic rings. The third-order valence-electron chi connectivity index (χ3n) is 5.75. The molecule has 1 aliphatic heterocycles. The average Bonchev–Trinajstić information content (AvgIpc) is 3.34. The van der Waals surface area contributed by atoms with Gasteiger partial charge in [-0.2, -0.15) is 4.98 Å². The summed E-state index contributed by atoms with van der Waals surface area (Å²) in [7, 11) is 0. The van der Waals surface area contributed by atoms with Gasteiger partial charge in [0.25, 0.3) is 0 Å². The fourth-order valence-electron chi connectivity index (χ4n) is 3.83. The number of carbonyl (C=O) groups is 2. The van der Waals surface area contributed by atoms with Gasteiger partial charge in [-0.25, -0.2) is 0 Å². The van der Waals surface area contributed by atoms with Crippen molar-refractivity contribution in [3.05, 3.63) is 71.6 Å². The fraction of sp³-hybridized carbons (Fsp3) is 0.308. The van der Waals surface area contributed by atoms with Crippen LogP contribution < -0.4 is 5.32 Å². The second-order valence-corrected chi connectivity index (χ2v) is 8.31. The Morgan fingerprint density at radius 2 is 2.03 bits per heavy atom. The van der Waals surface area contributed by atoms with Crippen LogP contribution in [0.5, 0.6) is 0 Å². The van der Waals surface area contributed by atoms with Crippen LogP contribution in [0.2, 0.25) is 0 Å². The summed E-state index contributed by atoms with van der Waals surface area (Å²) in [4.78, 5) is 30.8. The van der Waals surface area contributed by atoms with Crippen molar-refractivity contribution >= 4 is 23.6 Å². The third-order valence-corrected chi connectivity index (χ3v) is 5.75. The minimum atomic E-state index is -0.0515. The molecule has 2 aromatic carbocycles. The smallest absolute Gasteiger partial charge is 0.246 e. The predicted molar refractivity (Wildman–Crippen MR) is 127 cm³/mol. The van der Waals surface area contributed by atoms with E-state index in [0.29, 0.717) is 36.9 Å². The van der Waals surface area contributed by atoms with E-state index >= 15 is 0 Å². The summed E-state index contributed by atoms with van der Waals surface area (Å²) in [5.41, 5.74) is 3.65. The molecule has 1 unspecified atom stereocenters. The molecule has 1 atom stereocenters. The Balaban J connectivity index is 1.42. The lowest BCUT2D eigenvalue weighted by Crippen LogP contribution is -2.38. The third kappa shape index (κ3) is 5.74. The number of amides is 2. The van der Waals surface area contributed by atoms with E-state index in [-0.39, 0.29) is 17.7 Å². The molecule has 0 spiro atoms. The van der Waals surface area contributed by atoms with E-state index in [1.54, 1.807) is 13.0 Å². The molecule has 0 saturated carbocycles. The Kier molecular flexibility index (Phi) is 6.98. The van der Waals surface area contributed by atoms with E-state index in [2.05, 4.69) is 15.5 Å². The van der Waals surface area contributed by atoms with Gasteiger partial charge in [0, 0.05) is 36.8 Å². The summed E-state index contributed by atoms with van der Waals surface area (Å²) in [6.45, 7) is 5.11. The van der Waals surface area contributed by atoms with Crippen LogP contribution >= 0.6 is 0 Å². The van der Waals surface area contributed by atoms with Gasteiger partial charge in [0.15, 0.2) is 0 Å². The number of piperidine rings is 1. The molecule has 0 aliphatic carbocycles. The molecule has 7 heteroatoms. The van der Waals surface area contributed by atoms with Crippen molar-refractivity contribution in [3.63, 3.8) is 0 Å². The van der Waals surface area contributed by atoms with Crippen molar-refractivity contribution < 1.29 is 14.1 Å². The monoisotopic (exact) mass is 444 g/mol. The minimum Gasteiger partial charge on any atom is -0.339 e. The number of anilines is 1. The second-order valence-electron chi connectivity index (χ2n) is 8.31. The first-order chi connectivity index (χ1) is 16.0. The minimum absolute atomic E-state index is 0.000276. The lowest BCUT2D eigenvalue weighted by molar-refractivity contribution is -0.127. The Labute approximate surface area is 193 Å². The number of carbonyl (C=O) groups excluding carboxylic acids is 2. The van der Waals surface area contributed by atoms with E-state index < -0.39 is 0 Å². The molecule has 4 rings (SSSR count). The molecular formula is C26H28N4O3. The first-order valence-corrected chi connectivity index (χ1v) is 11.3. The van der Waals surface area contributed by atoms with Crippen LogP contribution in [0.15, 0.2) is 59.1 Å². The van der Waals surface area contributed by atoms with Crippen LogP contribution in [0.4, 0.5) is 5.69 Å². The quantitative estimate of drug-likeness (QED) is 0.551. The van der Waals surface area contributed by atoms with Crippen LogP contribution in [-0.2, 0) is 9.59 Å². The maximum absolute atomic E-state index is 12.7. The van der Waals surface area contributed by atoms with E-state index in [0.717, 1.165) is 24.0 Å². The van der Waals surface area contributed by atoms with Gasteiger partial charge in [0.05, 0.1) is 5.92 Å². The number of aryl methyl sites for hydroxylation is 1. The highest BCUT2D eigenvalue weighted by Gasteiger charge is 2.28. The molecule has 0 radical (unpaired) electrons.